The number of nitrogens with one attached hydrogen (secondary N) is 2. The number of amides is 2. The van der Waals surface area contributed by atoms with Crippen molar-refractivity contribution in [3.05, 3.63) is 95.4 Å². The Morgan fingerprint density at radius 2 is 1.25 bits per heavy atom. The Kier molecular flexibility index (Phi) is 17.8. The number of hydrogen-bond donors (Lipinski definition) is 2. The Morgan fingerprint density at radius 1 is 0.683 bits per heavy atom. The lowest BCUT2D eigenvalue weighted by molar-refractivity contribution is -0.159. The Hall–Kier alpha value is -5.37. The molecule has 0 aliphatic heterocycles. The van der Waals surface area contributed by atoms with E-state index < -0.39 is 99.2 Å². The highest BCUT2D eigenvalue weighted by atomic mass is 32.2. The summed E-state index contributed by atoms with van der Waals surface area (Å²) in [5, 5.41) is 8.15. The van der Waals surface area contributed by atoms with Crippen LogP contribution in [0.2, 0.25) is 0 Å². The first-order valence-corrected chi connectivity index (χ1v) is 22.0. The van der Waals surface area contributed by atoms with Crippen molar-refractivity contribution in [2.24, 2.45) is 17.8 Å². The molecule has 60 heavy (non-hydrogen) atoms. The highest BCUT2D eigenvalue weighted by molar-refractivity contribution is 7.93. The van der Waals surface area contributed by atoms with Gasteiger partial charge >= 0.3 is 17.9 Å². The summed E-state index contributed by atoms with van der Waals surface area (Å²) >= 11 is 0. The summed E-state index contributed by atoms with van der Waals surface area (Å²) in [5.41, 5.74) is -0.257. The predicted octanol–water partition coefficient (Wildman–Crippen LogP) is 6.35. The molecule has 0 fully saturated rings. The number of benzene rings is 3. The largest absolute Gasteiger partial charge is 0.461 e. The first-order chi connectivity index (χ1) is 27.9. The minimum absolute atomic E-state index is 0.00827. The molecule has 13 nitrogen and oxygen atoms in total. The molecule has 3 aromatic carbocycles. The standard InChI is InChI=1S/C46H60N2O11S/c1-30(2)37(44(54)47-35(22-23-60(9,55)56)27-42(52)59-46(6,7)8)28-39(49)38(24-33-20-15-19-32-18-13-14-21-36(32)33)48-43(53)34(26-41(51)58-45(3,4)5)25-40(50)57-29-31-16-11-10-12-17-31/h10-23,30,34-35,37-38H,24-29H2,1-9H3,(H,47,54)(H,48,53)/b23-22+/t34-,35+,37-,38-/m0/s1. The van der Waals surface area contributed by atoms with Crippen molar-refractivity contribution in [3.63, 3.8) is 0 Å². The van der Waals surface area contributed by atoms with E-state index in [1.54, 1.807) is 79.7 Å². The molecule has 0 bridgehead atoms. The van der Waals surface area contributed by atoms with Crippen LogP contribution in [0.5, 0.6) is 0 Å². The lowest BCUT2D eigenvalue weighted by Gasteiger charge is -2.27. The van der Waals surface area contributed by atoms with Crippen molar-refractivity contribution in [1.82, 2.24) is 10.6 Å². The van der Waals surface area contributed by atoms with E-state index in [-0.39, 0.29) is 25.9 Å². The van der Waals surface area contributed by atoms with Gasteiger partial charge in [-0.3, -0.25) is 28.8 Å². The van der Waals surface area contributed by atoms with Crippen molar-refractivity contribution in [1.29, 1.82) is 0 Å². The number of fused-ring (bicyclic) bond motifs is 1. The summed E-state index contributed by atoms with van der Waals surface area (Å²) in [4.78, 5) is 81.6. The van der Waals surface area contributed by atoms with Gasteiger partial charge in [0.05, 0.1) is 37.3 Å². The van der Waals surface area contributed by atoms with Gasteiger partial charge in [0, 0.05) is 30.4 Å². The Labute approximate surface area is 353 Å². The molecule has 0 aliphatic rings. The second-order valence-corrected chi connectivity index (χ2v) is 19.3. The maximum Gasteiger partial charge on any atom is 0.308 e. The van der Waals surface area contributed by atoms with Gasteiger partial charge in [-0.2, -0.15) is 0 Å². The fourth-order valence-corrected chi connectivity index (χ4v) is 6.79. The number of rotatable bonds is 20. The molecular formula is C46H60N2O11S. The quantitative estimate of drug-likeness (QED) is 0.0952. The molecule has 3 rings (SSSR count). The number of Topliss-reactive ketones (excluding diaryl/α,β-unsaturated/α-hetero) is 1. The molecule has 0 radical (unpaired) electrons. The minimum Gasteiger partial charge on any atom is -0.461 e. The number of esters is 3. The molecule has 2 N–H and O–H groups in total. The molecule has 0 spiro atoms. The molecular weight excluding hydrogens is 789 g/mol. The van der Waals surface area contributed by atoms with Crippen LogP contribution in [0, 0.1) is 17.8 Å². The van der Waals surface area contributed by atoms with Crippen molar-refractivity contribution in [2.75, 3.05) is 6.26 Å². The van der Waals surface area contributed by atoms with E-state index in [4.69, 9.17) is 14.2 Å². The van der Waals surface area contributed by atoms with E-state index in [2.05, 4.69) is 10.6 Å². The molecule has 0 aromatic heterocycles. The maximum absolute atomic E-state index is 14.5. The molecule has 0 aliphatic carbocycles. The van der Waals surface area contributed by atoms with Gasteiger partial charge in [-0.15, -0.1) is 0 Å². The van der Waals surface area contributed by atoms with Gasteiger partial charge in [-0.25, -0.2) is 8.42 Å². The van der Waals surface area contributed by atoms with Crippen LogP contribution in [0.15, 0.2) is 84.3 Å². The Bertz CT molecular complexity index is 2110. The Balaban J connectivity index is 1.96. The first-order valence-electron chi connectivity index (χ1n) is 20.0. The molecule has 326 valence electrons. The van der Waals surface area contributed by atoms with Gasteiger partial charge < -0.3 is 24.8 Å². The molecule has 3 aromatic rings. The average Bonchev–Trinajstić information content (AvgIpc) is 3.13. The maximum atomic E-state index is 14.5. The molecule has 0 saturated carbocycles. The van der Waals surface area contributed by atoms with Crippen molar-refractivity contribution < 1.29 is 51.4 Å². The first kappa shape index (κ1) is 49.0. The second kappa shape index (κ2) is 21.8. The molecule has 0 saturated heterocycles. The third-order valence-corrected chi connectivity index (χ3v) is 9.78. The lowest BCUT2D eigenvalue weighted by atomic mass is 9.86. The smallest absolute Gasteiger partial charge is 0.308 e. The van der Waals surface area contributed by atoms with Crippen LogP contribution < -0.4 is 10.6 Å². The number of carbonyl (C=O) groups is 6. The van der Waals surface area contributed by atoms with Crippen LogP contribution in [0.4, 0.5) is 0 Å². The fourth-order valence-electron chi connectivity index (χ4n) is 6.31. The number of carbonyl (C=O) groups excluding carboxylic acids is 6. The minimum atomic E-state index is -3.63. The number of ether oxygens (including phenoxy) is 3. The van der Waals surface area contributed by atoms with Gasteiger partial charge in [0.25, 0.3) is 0 Å². The van der Waals surface area contributed by atoms with E-state index in [0.29, 0.717) is 0 Å². The average molecular weight is 849 g/mol. The zero-order chi connectivity index (χ0) is 44.8. The SMILES string of the molecule is CC(C)[C@H](CC(=O)[C@H](Cc1cccc2ccccc12)NC(=O)[C@@H](CC(=O)OCc1ccccc1)CC(=O)OC(C)(C)C)C(=O)N[C@H](/C=C/S(C)(=O)=O)CC(=O)OC(C)(C)C. The third-order valence-electron chi connectivity index (χ3n) is 9.12. The van der Waals surface area contributed by atoms with Crippen LogP contribution in [-0.2, 0) is 65.8 Å². The molecule has 14 heteroatoms. The van der Waals surface area contributed by atoms with E-state index in [0.717, 1.165) is 33.6 Å². The van der Waals surface area contributed by atoms with Gasteiger partial charge in [-0.1, -0.05) is 92.7 Å². The lowest BCUT2D eigenvalue weighted by Crippen LogP contribution is -2.48. The van der Waals surface area contributed by atoms with E-state index >= 15 is 0 Å². The van der Waals surface area contributed by atoms with Crippen LogP contribution in [0.1, 0.15) is 92.2 Å². The van der Waals surface area contributed by atoms with Crippen LogP contribution in [0.3, 0.4) is 0 Å². The molecule has 4 atom stereocenters. The van der Waals surface area contributed by atoms with Crippen LogP contribution in [-0.4, -0.2) is 73.5 Å². The van der Waals surface area contributed by atoms with Crippen molar-refractivity contribution in [3.8, 4) is 0 Å². The number of sulfone groups is 1. The van der Waals surface area contributed by atoms with Gasteiger partial charge in [0.15, 0.2) is 15.6 Å². The zero-order valence-corrected chi connectivity index (χ0v) is 36.9. The highest BCUT2D eigenvalue weighted by Crippen LogP contribution is 2.24. The van der Waals surface area contributed by atoms with Gasteiger partial charge in [0.1, 0.15) is 17.8 Å². The summed E-state index contributed by atoms with van der Waals surface area (Å²) in [6.45, 7) is 13.5. The Morgan fingerprint density at radius 3 is 1.85 bits per heavy atom. The van der Waals surface area contributed by atoms with Gasteiger partial charge in [-0.05, 0) is 69.4 Å². The molecule has 0 heterocycles. The summed E-state index contributed by atoms with van der Waals surface area (Å²) in [6.07, 6.45) is 0.482. The summed E-state index contributed by atoms with van der Waals surface area (Å²) in [5.74, 6) is -6.71. The predicted molar refractivity (Wildman–Crippen MR) is 229 cm³/mol. The van der Waals surface area contributed by atoms with E-state index in [9.17, 15) is 37.2 Å². The summed E-state index contributed by atoms with van der Waals surface area (Å²) in [6, 6.07) is 19.8. The van der Waals surface area contributed by atoms with E-state index in [1.807, 2.05) is 48.5 Å². The number of ketones is 1. The zero-order valence-electron chi connectivity index (χ0n) is 36.1. The second-order valence-electron chi connectivity index (χ2n) is 17.3. The molecule has 0 unspecified atom stereocenters. The number of hydrogen-bond acceptors (Lipinski definition) is 11. The van der Waals surface area contributed by atoms with Crippen molar-refractivity contribution in [2.45, 2.75) is 117 Å². The monoisotopic (exact) mass is 848 g/mol. The topological polar surface area (TPSA) is 188 Å². The van der Waals surface area contributed by atoms with E-state index in [1.165, 1.54) is 6.08 Å². The van der Waals surface area contributed by atoms with Crippen molar-refractivity contribution >= 4 is 56.1 Å². The van der Waals surface area contributed by atoms with Gasteiger partial charge in [0.2, 0.25) is 11.8 Å². The summed E-state index contributed by atoms with van der Waals surface area (Å²) in [7, 11) is -3.63. The van der Waals surface area contributed by atoms with Crippen LogP contribution >= 0.6 is 0 Å². The third kappa shape index (κ3) is 17.9. The van der Waals surface area contributed by atoms with Crippen LogP contribution in [0.25, 0.3) is 10.8 Å². The summed E-state index contributed by atoms with van der Waals surface area (Å²) < 4.78 is 40.3. The highest BCUT2D eigenvalue weighted by Gasteiger charge is 2.35. The fraction of sp³-hybridized carbons (Fsp3) is 0.478. The molecule has 2 amide bonds. The normalized spacial score (nSPS) is 14.2.